The number of hydrogen-bond donors (Lipinski definition) is 1. The lowest BCUT2D eigenvalue weighted by molar-refractivity contribution is -0.155. The second-order valence-corrected chi connectivity index (χ2v) is 1.53. The molecule has 0 aliphatic heterocycles. The van der Waals surface area contributed by atoms with Crippen molar-refractivity contribution in [3.63, 3.8) is 0 Å². The van der Waals surface area contributed by atoms with Crippen LogP contribution in [0.3, 0.4) is 0 Å². The van der Waals surface area contributed by atoms with Crippen molar-refractivity contribution in [1.82, 2.24) is 0 Å². The number of carbonyl (C=O) groups is 1. The Morgan fingerprint density at radius 2 is 2.33 bits per heavy atom. The van der Waals surface area contributed by atoms with Gasteiger partial charge in [0, 0.05) is 0 Å². The van der Waals surface area contributed by atoms with E-state index in [0.29, 0.717) is 6.61 Å². The summed E-state index contributed by atoms with van der Waals surface area (Å²) in [7, 11) is 0. The molecule has 0 bridgehead atoms. The average Bonchev–Trinajstić information content (AvgIpc) is 1.87. The first-order valence-electron chi connectivity index (χ1n) is 2.74. The largest absolute Gasteiger partial charge is 0.464 e. The summed E-state index contributed by atoms with van der Waals surface area (Å²) < 4.78 is 4.55. The summed E-state index contributed by atoms with van der Waals surface area (Å²) in [4.78, 5) is 14.7. The van der Waals surface area contributed by atoms with E-state index in [1.807, 2.05) is 0 Å². The molecule has 4 nitrogen and oxygen atoms in total. The average molecular weight is 133 g/mol. The van der Waals surface area contributed by atoms with Gasteiger partial charge in [0.05, 0.1) is 6.61 Å². The lowest BCUT2D eigenvalue weighted by atomic mass is 10.4. The molecule has 0 spiro atoms. The van der Waals surface area contributed by atoms with Gasteiger partial charge in [0.15, 0.2) is 6.10 Å². The van der Waals surface area contributed by atoms with E-state index in [2.05, 4.69) is 9.57 Å². The van der Waals surface area contributed by atoms with Crippen LogP contribution in [0.25, 0.3) is 0 Å². The summed E-state index contributed by atoms with van der Waals surface area (Å²) in [6.07, 6.45) is -0.662. The van der Waals surface area contributed by atoms with E-state index in [4.69, 9.17) is 5.90 Å². The van der Waals surface area contributed by atoms with Crippen LogP contribution in [0.2, 0.25) is 0 Å². The molecule has 0 aromatic carbocycles. The van der Waals surface area contributed by atoms with E-state index >= 15 is 0 Å². The van der Waals surface area contributed by atoms with Gasteiger partial charge >= 0.3 is 5.97 Å². The summed E-state index contributed by atoms with van der Waals surface area (Å²) in [5, 5.41) is 0. The molecule has 9 heavy (non-hydrogen) atoms. The standard InChI is InChI=1S/C5H11NO3/c1-3-8-5(7)4(2)9-6/h4H,3,6H2,1-2H3/t4-/m1/s1. The number of nitrogens with two attached hydrogens (primary N) is 1. The summed E-state index contributed by atoms with van der Waals surface area (Å²) in [5.74, 6) is 4.27. The third-order valence-electron chi connectivity index (χ3n) is 0.823. The normalized spacial score (nSPS) is 12.8. The number of hydrogen-bond acceptors (Lipinski definition) is 4. The smallest absolute Gasteiger partial charge is 0.337 e. The fourth-order valence-electron chi connectivity index (χ4n) is 0.315. The van der Waals surface area contributed by atoms with Crippen LogP contribution in [0.5, 0.6) is 0 Å². The van der Waals surface area contributed by atoms with Crippen molar-refractivity contribution in [3.05, 3.63) is 0 Å². The maximum absolute atomic E-state index is 10.5. The van der Waals surface area contributed by atoms with Crippen LogP contribution in [-0.2, 0) is 14.4 Å². The molecule has 0 rings (SSSR count). The van der Waals surface area contributed by atoms with Crippen molar-refractivity contribution in [2.24, 2.45) is 5.90 Å². The van der Waals surface area contributed by atoms with Crippen LogP contribution in [-0.4, -0.2) is 18.7 Å². The lowest BCUT2D eigenvalue weighted by Crippen LogP contribution is -2.25. The molecule has 2 N–H and O–H groups in total. The van der Waals surface area contributed by atoms with Crippen LogP contribution in [0.1, 0.15) is 13.8 Å². The van der Waals surface area contributed by atoms with E-state index in [1.54, 1.807) is 6.92 Å². The lowest BCUT2D eigenvalue weighted by Gasteiger charge is -2.05. The fourth-order valence-corrected chi connectivity index (χ4v) is 0.315. The highest BCUT2D eigenvalue weighted by Gasteiger charge is 2.11. The van der Waals surface area contributed by atoms with Gasteiger partial charge < -0.3 is 4.74 Å². The summed E-state index contributed by atoms with van der Waals surface area (Å²) in [6, 6.07) is 0. The molecule has 1 atom stereocenters. The van der Waals surface area contributed by atoms with Gasteiger partial charge in [0.25, 0.3) is 0 Å². The summed E-state index contributed by atoms with van der Waals surface area (Å²) in [6.45, 7) is 3.60. The minimum Gasteiger partial charge on any atom is -0.464 e. The molecule has 0 heterocycles. The molecule has 4 heteroatoms. The minimum absolute atomic E-state index is 0.354. The first-order chi connectivity index (χ1) is 4.22. The van der Waals surface area contributed by atoms with E-state index in [0.717, 1.165) is 0 Å². The molecule has 0 aliphatic rings. The van der Waals surface area contributed by atoms with Crippen molar-refractivity contribution >= 4 is 5.97 Å². The molecule has 0 saturated carbocycles. The summed E-state index contributed by atoms with van der Waals surface area (Å²) in [5.41, 5.74) is 0. The van der Waals surface area contributed by atoms with E-state index < -0.39 is 12.1 Å². The number of rotatable bonds is 3. The Bertz CT molecular complexity index is 94.2. The van der Waals surface area contributed by atoms with Gasteiger partial charge in [0.1, 0.15) is 0 Å². The van der Waals surface area contributed by atoms with Crippen LogP contribution >= 0.6 is 0 Å². The summed E-state index contributed by atoms with van der Waals surface area (Å²) >= 11 is 0. The Balaban J connectivity index is 3.46. The van der Waals surface area contributed by atoms with Gasteiger partial charge in [0.2, 0.25) is 0 Å². The maximum Gasteiger partial charge on any atom is 0.337 e. The zero-order chi connectivity index (χ0) is 7.28. The molecule has 0 aliphatic carbocycles. The molecule has 0 amide bonds. The van der Waals surface area contributed by atoms with Crippen molar-refractivity contribution in [1.29, 1.82) is 0 Å². The Morgan fingerprint density at radius 1 is 1.78 bits per heavy atom. The van der Waals surface area contributed by atoms with Crippen LogP contribution in [0.15, 0.2) is 0 Å². The second-order valence-electron chi connectivity index (χ2n) is 1.53. The van der Waals surface area contributed by atoms with E-state index in [9.17, 15) is 4.79 Å². The predicted molar refractivity (Wildman–Crippen MR) is 31.4 cm³/mol. The highest BCUT2D eigenvalue weighted by molar-refractivity contribution is 5.74. The van der Waals surface area contributed by atoms with E-state index in [1.165, 1.54) is 6.92 Å². The molecule has 0 aromatic heterocycles. The highest BCUT2D eigenvalue weighted by Crippen LogP contribution is 1.88. The topological polar surface area (TPSA) is 61.5 Å². The van der Waals surface area contributed by atoms with Gasteiger partial charge in [-0.15, -0.1) is 0 Å². The van der Waals surface area contributed by atoms with Crippen LogP contribution in [0, 0.1) is 0 Å². The van der Waals surface area contributed by atoms with Gasteiger partial charge in [-0.2, -0.15) is 0 Å². The number of ether oxygens (including phenoxy) is 1. The van der Waals surface area contributed by atoms with Gasteiger partial charge in [-0.25, -0.2) is 10.7 Å². The highest BCUT2D eigenvalue weighted by atomic mass is 16.6. The molecule has 0 saturated heterocycles. The molecular weight excluding hydrogens is 122 g/mol. The van der Waals surface area contributed by atoms with Crippen LogP contribution < -0.4 is 5.90 Å². The van der Waals surface area contributed by atoms with Gasteiger partial charge in [-0.05, 0) is 13.8 Å². The Labute approximate surface area is 53.9 Å². The first-order valence-corrected chi connectivity index (χ1v) is 2.74. The SMILES string of the molecule is CCOC(=O)[C@@H](C)ON. The molecule has 0 unspecified atom stereocenters. The quantitative estimate of drug-likeness (QED) is 0.429. The second kappa shape index (κ2) is 4.29. The Kier molecular flexibility index (Phi) is 4.00. The predicted octanol–water partition coefficient (Wildman–Crippen LogP) is -0.172. The van der Waals surface area contributed by atoms with Crippen molar-refractivity contribution in [3.8, 4) is 0 Å². The maximum atomic E-state index is 10.5. The third kappa shape index (κ3) is 3.05. The zero-order valence-corrected chi connectivity index (χ0v) is 5.59. The van der Waals surface area contributed by atoms with Crippen molar-refractivity contribution in [2.75, 3.05) is 6.61 Å². The van der Waals surface area contributed by atoms with Crippen molar-refractivity contribution in [2.45, 2.75) is 20.0 Å². The molecule has 54 valence electrons. The molecule has 0 fully saturated rings. The molecule has 0 radical (unpaired) electrons. The zero-order valence-electron chi connectivity index (χ0n) is 5.59. The van der Waals surface area contributed by atoms with Gasteiger partial charge in [-0.1, -0.05) is 0 Å². The minimum atomic E-state index is -0.662. The fraction of sp³-hybridized carbons (Fsp3) is 0.800. The monoisotopic (exact) mass is 133 g/mol. The van der Waals surface area contributed by atoms with Gasteiger partial charge in [-0.3, -0.25) is 4.84 Å². The Morgan fingerprint density at radius 3 is 2.67 bits per heavy atom. The number of carbonyl (C=O) groups excluding carboxylic acids is 1. The van der Waals surface area contributed by atoms with Crippen LogP contribution in [0.4, 0.5) is 0 Å². The first kappa shape index (κ1) is 8.39. The number of esters is 1. The van der Waals surface area contributed by atoms with Crippen molar-refractivity contribution < 1.29 is 14.4 Å². The Hall–Kier alpha value is -0.610. The molecule has 0 aromatic rings. The van der Waals surface area contributed by atoms with E-state index in [-0.39, 0.29) is 0 Å². The molecular formula is C5H11NO3. The third-order valence-corrected chi connectivity index (χ3v) is 0.823.